The minimum Gasteiger partial charge on any atom is -0.494 e. The van der Waals surface area contributed by atoms with Crippen LogP contribution < -0.4 is 10.1 Å². The number of nitrogens with zero attached hydrogens (tertiary/aromatic N) is 5. The van der Waals surface area contributed by atoms with Crippen molar-refractivity contribution in [3.63, 3.8) is 0 Å². The number of hydrogen-bond donors (Lipinski definition) is 1. The molecule has 1 aromatic carbocycles. The third-order valence-electron chi connectivity index (χ3n) is 4.95. The second-order valence-electron chi connectivity index (χ2n) is 7.05. The van der Waals surface area contributed by atoms with Crippen molar-refractivity contribution in [2.45, 2.75) is 26.4 Å². The number of amides is 2. The molecule has 2 amide bonds. The Morgan fingerprint density at radius 1 is 1.29 bits per heavy atom. The van der Waals surface area contributed by atoms with Crippen LogP contribution in [0.2, 0.25) is 0 Å². The van der Waals surface area contributed by atoms with Gasteiger partial charge in [0.25, 0.3) is 0 Å². The largest absolute Gasteiger partial charge is 0.494 e. The molecule has 1 aliphatic rings. The lowest BCUT2D eigenvalue weighted by atomic mass is 10.1. The minimum absolute atomic E-state index is 0.0668. The molecule has 0 radical (unpaired) electrons. The normalized spacial score (nSPS) is 14.0. The molecule has 1 fully saturated rings. The Morgan fingerprint density at radius 3 is 2.79 bits per heavy atom. The summed E-state index contributed by atoms with van der Waals surface area (Å²) < 4.78 is 9.14. The van der Waals surface area contributed by atoms with E-state index in [4.69, 9.17) is 4.74 Å². The van der Waals surface area contributed by atoms with Gasteiger partial charge in [0.05, 0.1) is 25.0 Å². The van der Waals surface area contributed by atoms with Crippen molar-refractivity contribution in [2.75, 3.05) is 20.2 Å². The van der Waals surface area contributed by atoms with Crippen LogP contribution in [-0.2, 0) is 6.54 Å². The molecule has 8 heteroatoms. The fourth-order valence-electron chi connectivity index (χ4n) is 3.48. The summed E-state index contributed by atoms with van der Waals surface area (Å²) in [6.45, 7) is 5.80. The molecule has 2 aromatic heterocycles. The van der Waals surface area contributed by atoms with Gasteiger partial charge in [0.2, 0.25) is 0 Å². The summed E-state index contributed by atoms with van der Waals surface area (Å²) in [6, 6.07) is 9.93. The van der Waals surface area contributed by atoms with Crippen LogP contribution in [0, 0.1) is 13.8 Å². The third kappa shape index (κ3) is 3.45. The van der Waals surface area contributed by atoms with Crippen LogP contribution in [0.15, 0.2) is 42.7 Å². The van der Waals surface area contributed by atoms with E-state index in [-0.39, 0.29) is 12.1 Å². The Bertz CT molecular complexity index is 986. The van der Waals surface area contributed by atoms with Crippen molar-refractivity contribution in [3.05, 3.63) is 59.7 Å². The lowest BCUT2D eigenvalue weighted by Crippen LogP contribution is -2.54. The second-order valence-corrected chi connectivity index (χ2v) is 7.05. The van der Waals surface area contributed by atoms with E-state index in [1.807, 2.05) is 49.0 Å². The van der Waals surface area contributed by atoms with Gasteiger partial charge in [0, 0.05) is 37.1 Å². The van der Waals surface area contributed by atoms with Gasteiger partial charge in [-0.15, -0.1) is 0 Å². The number of aryl methyl sites for hydroxylation is 2. The number of para-hydroxylation sites is 2. The standard InChI is InChI=1S/C20H24N6O2/c1-14-8-15(2)26(23-14)17-12-24(13-17)20(27)21-9-16-10-22-25(11-16)18-6-4-5-7-19(18)28-3/h4-8,10-11,17H,9,12-13H2,1-3H3,(H,21,27). The van der Waals surface area contributed by atoms with Gasteiger partial charge in [-0.05, 0) is 32.0 Å². The molecule has 3 heterocycles. The number of aromatic nitrogens is 4. The van der Waals surface area contributed by atoms with Crippen molar-refractivity contribution in [1.82, 2.24) is 29.8 Å². The van der Waals surface area contributed by atoms with Crippen LogP contribution in [0.4, 0.5) is 4.79 Å². The fraction of sp³-hybridized carbons (Fsp3) is 0.350. The Kier molecular flexibility index (Phi) is 4.77. The number of benzene rings is 1. The summed E-state index contributed by atoms with van der Waals surface area (Å²) in [5.41, 5.74) is 3.92. The summed E-state index contributed by atoms with van der Waals surface area (Å²) >= 11 is 0. The van der Waals surface area contributed by atoms with Crippen molar-refractivity contribution in [2.24, 2.45) is 0 Å². The molecule has 28 heavy (non-hydrogen) atoms. The number of hydrogen-bond acceptors (Lipinski definition) is 4. The molecular formula is C20H24N6O2. The smallest absolute Gasteiger partial charge is 0.317 e. The predicted molar refractivity (Wildman–Crippen MR) is 105 cm³/mol. The predicted octanol–water partition coefficient (Wildman–Crippen LogP) is 2.46. The first-order valence-corrected chi connectivity index (χ1v) is 9.27. The molecule has 1 aliphatic heterocycles. The van der Waals surface area contributed by atoms with Crippen molar-refractivity contribution in [1.29, 1.82) is 0 Å². The Labute approximate surface area is 163 Å². The lowest BCUT2D eigenvalue weighted by Gasteiger charge is -2.39. The maximum absolute atomic E-state index is 12.4. The highest BCUT2D eigenvalue weighted by molar-refractivity contribution is 5.75. The number of methoxy groups -OCH3 is 1. The van der Waals surface area contributed by atoms with Gasteiger partial charge in [-0.2, -0.15) is 10.2 Å². The first-order valence-electron chi connectivity index (χ1n) is 9.27. The zero-order chi connectivity index (χ0) is 19.7. The van der Waals surface area contributed by atoms with Crippen LogP contribution in [0.25, 0.3) is 5.69 Å². The van der Waals surface area contributed by atoms with Crippen molar-refractivity contribution >= 4 is 6.03 Å². The molecule has 3 aromatic rings. The molecule has 0 saturated carbocycles. The molecule has 0 aliphatic carbocycles. The van der Waals surface area contributed by atoms with Crippen molar-refractivity contribution in [3.8, 4) is 11.4 Å². The quantitative estimate of drug-likeness (QED) is 0.738. The second kappa shape index (κ2) is 7.38. The van der Waals surface area contributed by atoms with E-state index < -0.39 is 0 Å². The summed E-state index contributed by atoms with van der Waals surface area (Å²) in [6.07, 6.45) is 3.65. The molecular weight excluding hydrogens is 356 g/mol. The Morgan fingerprint density at radius 2 is 2.07 bits per heavy atom. The maximum atomic E-state index is 12.4. The average molecular weight is 380 g/mol. The van der Waals surface area contributed by atoms with E-state index in [1.165, 1.54) is 0 Å². The molecule has 0 atom stereocenters. The summed E-state index contributed by atoms with van der Waals surface area (Å²) in [5.74, 6) is 0.747. The third-order valence-corrected chi connectivity index (χ3v) is 4.95. The molecule has 1 N–H and O–H groups in total. The number of ether oxygens (including phenoxy) is 1. The highest BCUT2D eigenvalue weighted by Crippen LogP contribution is 2.23. The topological polar surface area (TPSA) is 77.2 Å². The van der Waals surface area contributed by atoms with Crippen LogP contribution >= 0.6 is 0 Å². The SMILES string of the molecule is COc1ccccc1-n1cc(CNC(=O)N2CC(n3nc(C)cc3C)C2)cn1. The minimum atomic E-state index is -0.0668. The maximum Gasteiger partial charge on any atom is 0.317 e. The first-order chi connectivity index (χ1) is 13.5. The van der Waals surface area contributed by atoms with Gasteiger partial charge >= 0.3 is 6.03 Å². The number of urea groups is 1. The monoisotopic (exact) mass is 380 g/mol. The Hall–Kier alpha value is -3.29. The number of carbonyl (C=O) groups is 1. The highest BCUT2D eigenvalue weighted by atomic mass is 16.5. The number of rotatable bonds is 5. The highest BCUT2D eigenvalue weighted by Gasteiger charge is 2.33. The van der Waals surface area contributed by atoms with E-state index >= 15 is 0 Å². The van der Waals surface area contributed by atoms with Crippen LogP contribution in [0.5, 0.6) is 5.75 Å². The average Bonchev–Trinajstić information content (AvgIpc) is 3.25. The van der Waals surface area contributed by atoms with Gasteiger partial charge in [-0.25, -0.2) is 9.48 Å². The van der Waals surface area contributed by atoms with Crippen molar-refractivity contribution < 1.29 is 9.53 Å². The van der Waals surface area contributed by atoms with E-state index in [2.05, 4.69) is 21.6 Å². The number of carbonyl (C=O) groups excluding carboxylic acids is 1. The van der Waals surface area contributed by atoms with Gasteiger partial charge < -0.3 is 15.0 Å². The van der Waals surface area contributed by atoms with E-state index in [9.17, 15) is 4.79 Å². The first kappa shape index (κ1) is 18.1. The van der Waals surface area contributed by atoms with E-state index in [0.29, 0.717) is 19.6 Å². The van der Waals surface area contributed by atoms with Gasteiger partial charge in [0.15, 0.2) is 0 Å². The fourth-order valence-corrected chi connectivity index (χ4v) is 3.48. The molecule has 0 unspecified atom stereocenters. The van der Waals surface area contributed by atoms with E-state index in [0.717, 1.165) is 28.4 Å². The van der Waals surface area contributed by atoms with Crippen LogP contribution in [0.3, 0.4) is 0 Å². The summed E-state index contributed by atoms with van der Waals surface area (Å²) in [7, 11) is 1.63. The lowest BCUT2D eigenvalue weighted by molar-refractivity contribution is 0.117. The van der Waals surface area contributed by atoms with Gasteiger partial charge in [-0.1, -0.05) is 12.1 Å². The van der Waals surface area contributed by atoms with Gasteiger partial charge in [0.1, 0.15) is 11.4 Å². The molecule has 4 rings (SSSR count). The molecule has 8 nitrogen and oxygen atoms in total. The zero-order valence-electron chi connectivity index (χ0n) is 16.3. The Balaban J connectivity index is 1.31. The van der Waals surface area contributed by atoms with Crippen LogP contribution in [0.1, 0.15) is 23.0 Å². The molecule has 1 saturated heterocycles. The van der Waals surface area contributed by atoms with Gasteiger partial charge in [-0.3, -0.25) is 4.68 Å². The molecule has 146 valence electrons. The zero-order valence-corrected chi connectivity index (χ0v) is 16.3. The van der Waals surface area contributed by atoms with Crippen LogP contribution in [-0.4, -0.2) is 50.7 Å². The summed E-state index contributed by atoms with van der Waals surface area (Å²) in [4.78, 5) is 14.2. The number of nitrogens with one attached hydrogen (secondary N) is 1. The number of likely N-dealkylation sites (tertiary alicyclic amines) is 1. The summed E-state index contributed by atoms with van der Waals surface area (Å²) in [5, 5.41) is 11.8. The molecule has 0 bridgehead atoms. The molecule has 0 spiro atoms. The van der Waals surface area contributed by atoms with E-state index in [1.54, 1.807) is 22.9 Å².